The van der Waals surface area contributed by atoms with E-state index in [1.807, 2.05) is 0 Å². The zero-order valence-electron chi connectivity index (χ0n) is 7.78. The molecule has 76 valence electrons. The number of aldehydes is 1. The highest BCUT2D eigenvalue weighted by molar-refractivity contribution is 6.33. The van der Waals surface area contributed by atoms with Gasteiger partial charge >= 0.3 is 5.97 Å². The first-order valence-electron chi connectivity index (χ1n) is 3.91. The predicted octanol–water partition coefficient (Wildman–Crippen LogP) is 1.81. The van der Waals surface area contributed by atoms with Crippen LogP contribution in [0, 0.1) is 11.3 Å². The van der Waals surface area contributed by atoms with Gasteiger partial charge in [0.25, 0.3) is 0 Å². The number of hydrogen-bond donors (Lipinski definition) is 0. The van der Waals surface area contributed by atoms with Crippen LogP contribution in [0.1, 0.15) is 26.3 Å². The third-order valence-corrected chi connectivity index (χ3v) is 2.15. The summed E-state index contributed by atoms with van der Waals surface area (Å²) in [5.74, 6) is -0.754. The van der Waals surface area contributed by atoms with Gasteiger partial charge in [0.15, 0.2) is 6.29 Å². The van der Waals surface area contributed by atoms with E-state index in [2.05, 4.69) is 4.74 Å². The number of esters is 1. The second kappa shape index (κ2) is 4.58. The van der Waals surface area contributed by atoms with Gasteiger partial charge in [-0.15, -0.1) is 0 Å². The topological polar surface area (TPSA) is 67.2 Å². The van der Waals surface area contributed by atoms with Crippen LogP contribution in [0.15, 0.2) is 12.1 Å². The molecule has 4 nitrogen and oxygen atoms in total. The number of carbonyl (C=O) groups is 2. The summed E-state index contributed by atoms with van der Waals surface area (Å²) in [4.78, 5) is 22.1. The lowest BCUT2D eigenvalue weighted by Crippen LogP contribution is -2.08. The van der Waals surface area contributed by atoms with E-state index in [4.69, 9.17) is 16.9 Å². The summed E-state index contributed by atoms with van der Waals surface area (Å²) in [6.45, 7) is 0. The summed E-state index contributed by atoms with van der Waals surface area (Å²) in [6.07, 6.45) is 0.426. The number of hydrogen-bond acceptors (Lipinski definition) is 4. The number of benzene rings is 1. The Labute approximate surface area is 91.0 Å². The smallest absolute Gasteiger partial charge is 0.339 e. The molecule has 0 spiro atoms. The summed E-state index contributed by atoms with van der Waals surface area (Å²) >= 11 is 5.71. The molecular weight excluding hydrogens is 218 g/mol. The van der Waals surface area contributed by atoms with Crippen LogP contribution in [-0.2, 0) is 4.74 Å². The second-order valence-corrected chi connectivity index (χ2v) is 3.01. The van der Waals surface area contributed by atoms with Gasteiger partial charge in [-0.05, 0) is 12.1 Å². The van der Waals surface area contributed by atoms with Crippen LogP contribution in [0.5, 0.6) is 0 Å². The first-order valence-corrected chi connectivity index (χ1v) is 4.29. The van der Waals surface area contributed by atoms with Crippen LogP contribution < -0.4 is 0 Å². The number of halogens is 1. The molecule has 0 heterocycles. The van der Waals surface area contributed by atoms with Crippen molar-refractivity contribution in [2.45, 2.75) is 0 Å². The van der Waals surface area contributed by atoms with Crippen LogP contribution in [0.25, 0.3) is 0 Å². The van der Waals surface area contributed by atoms with Crippen molar-refractivity contribution in [1.29, 1.82) is 5.26 Å². The van der Waals surface area contributed by atoms with E-state index < -0.39 is 5.97 Å². The van der Waals surface area contributed by atoms with Gasteiger partial charge in [-0.2, -0.15) is 5.26 Å². The lowest BCUT2D eigenvalue weighted by atomic mass is 10.0. The number of methoxy groups -OCH3 is 1. The molecule has 1 rings (SSSR count). The summed E-state index contributed by atoms with van der Waals surface area (Å²) in [5, 5.41) is 8.87. The average molecular weight is 224 g/mol. The van der Waals surface area contributed by atoms with Gasteiger partial charge in [-0.25, -0.2) is 4.79 Å². The average Bonchev–Trinajstić information content (AvgIpc) is 2.27. The molecule has 0 radical (unpaired) electrons. The van der Waals surface area contributed by atoms with E-state index in [0.29, 0.717) is 6.29 Å². The number of rotatable bonds is 2. The summed E-state index contributed by atoms with van der Waals surface area (Å²) in [6, 6.07) is 4.54. The molecule has 0 saturated carbocycles. The zero-order valence-corrected chi connectivity index (χ0v) is 8.54. The van der Waals surface area contributed by atoms with Crippen LogP contribution in [0.2, 0.25) is 5.02 Å². The highest BCUT2D eigenvalue weighted by atomic mass is 35.5. The fourth-order valence-electron chi connectivity index (χ4n) is 1.12. The Hall–Kier alpha value is -1.86. The first kappa shape index (κ1) is 11.2. The van der Waals surface area contributed by atoms with Crippen molar-refractivity contribution in [2.75, 3.05) is 7.11 Å². The normalized spacial score (nSPS) is 9.13. The highest BCUT2D eigenvalue weighted by Crippen LogP contribution is 2.22. The van der Waals surface area contributed by atoms with E-state index in [9.17, 15) is 9.59 Å². The second-order valence-electron chi connectivity index (χ2n) is 2.60. The maximum absolute atomic E-state index is 11.3. The Bertz CT molecular complexity index is 462. The SMILES string of the molecule is COC(=O)c1c(C#N)ccc(Cl)c1C=O. The van der Waals surface area contributed by atoms with Gasteiger partial charge in [0.2, 0.25) is 0 Å². The quantitative estimate of drug-likeness (QED) is 0.567. The molecule has 0 atom stereocenters. The van der Waals surface area contributed by atoms with Gasteiger partial charge in [-0.1, -0.05) is 11.6 Å². The maximum atomic E-state index is 11.3. The molecule has 0 fully saturated rings. The third kappa shape index (κ3) is 1.97. The molecule has 0 N–H and O–H groups in total. The number of nitriles is 1. The van der Waals surface area contributed by atoms with Crippen molar-refractivity contribution in [3.05, 3.63) is 33.8 Å². The molecule has 0 amide bonds. The van der Waals surface area contributed by atoms with Crippen molar-refractivity contribution in [3.63, 3.8) is 0 Å². The van der Waals surface area contributed by atoms with Crippen LogP contribution >= 0.6 is 11.6 Å². The van der Waals surface area contributed by atoms with Gasteiger partial charge in [0, 0.05) is 5.56 Å². The van der Waals surface area contributed by atoms with E-state index in [1.165, 1.54) is 19.2 Å². The molecule has 5 heteroatoms. The molecule has 0 saturated heterocycles. The minimum absolute atomic E-state index is 0.0254. The summed E-state index contributed by atoms with van der Waals surface area (Å²) < 4.78 is 4.47. The molecular formula is C10H6ClNO3. The molecule has 15 heavy (non-hydrogen) atoms. The Morgan fingerprint density at radius 3 is 2.73 bits per heavy atom. The molecule has 0 bridgehead atoms. The Morgan fingerprint density at radius 1 is 1.60 bits per heavy atom. The van der Waals surface area contributed by atoms with Crippen LogP contribution in [0.4, 0.5) is 0 Å². The minimum atomic E-state index is -0.754. The van der Waals surface area contributed by atoms with E-state index in [1.54, 1.807) is 6.07 Å². The van der Waals surface area contributed by atoms with Gasteiger partial charge in [-0.3, -0.25) is 4.79 Å². The number of carbonyl (C=O) groups excluding carboxylic acids is 2. The van der Waals surface area contributed by atoms with Crippen molar-refractivity contribution < 1.29 is 14.3 Å². The van der Waals surface area contributed by atoms with Crippen molar-refractivity contribution in [2.24, 2.45) is 0 Å². The summed E-state index contributed by atoms with van der Waals surface area (Å²) in [7, 11) is 1.17. The molecule has 0 aliphatic rings. The predicted molar refractivity (Wildman–Crippen MR) is 52.9 cm³/mol. The Kier molecular flexibility index (Phi) is 3.42. The van der Waals surface area contributed by atoms with Crippen molar-refractivity contribution in [1.82, 2.24) is 0 Å². The first-order chi connectivity index (χ1) is 7.15. The zero-order chi connectivity index (χ0) is 11.4. The molecule has 0 aromatic heterocycles. The highest BCUT2D eigenvalue weighted by Gasteiger charge is 2.19. The molecule has 0 aliphatic heterocycles. The Morgan fingerprint density at radius 2 is 2.27 bits per heavy atom. The van der Waals surface area contributed by atoms with E-state index in [0.717, 1.165) is 0 Å². The lowest BCUT2D eigenvalue weighted by molar-refractivity contribution is 0.0598. The fourth-order valence-corrected chi connectivity index (χ4v) is 1.33. The molecule has 1 aromatic rings. The third-order valence-electron chi connectivity index (χ3n) is 1.82. The monoisotopic (exact) mass is 223 g/mol. The lowest BCUT2D eigenvalue weighted by Gasteiger charge is -2.05. The fraction of sp³-hybridized carbons (Fsp3) is 0.100. The summed E-state index contributed by atoms with van der Waals surface area (Å²) in [5.41, 5.74) is -0.0570. The van der Waals surface area contributed by atoms with E-state index in [-0.39, 0.29) is 21.7 Å². The van der Waals surface area contributed by atoms with Crippen molar-refractivity contribution >= 4 is 23.9 Å². The van der Waals surface area contributed by atoms with Crippen molar-refractivity contribution in [3.8, 4) is 6.07 Å². The number of nitrogens with zero attached hydrogens (tertiary/aromatic N) is 1. The molecule has 1 aromatic carbocycles. The van der Waals surface area contributed by atoms with E-state index >= 15 is 0 Å². The minimum Gasteiger partial charge on any atom is -0.465 e. The maximum Gasteiger partial charge on any atom is 0.339 e. The largest absolute Gasteiger partial charge is 0.465 e. The molecule has 0 aliphatic carbocycles. The van der Waals surface area contributed by atoms with Crippen LogP contribution in [0.3, 0.4) is 0 Å². The number of ether oxygens (including phenoxy) is 1. The van der Waals surface area contributed by atoms with Crippen LogP contribution in [-0.4, -0.2) is 19.4 Å². The van der Waals surface area contributed by atoms with Gasteiger partial charge in [0.05, 0.1) is 23.3 Å². The van der Waals surface area contributed by atoms with Gasteiger partial charge in [0.1, 0.15) is 6.07 Å². The van der Waals surface area contributed by atoms with Gasteiger partial charge < -0.3 is 4.74 Å². The Balaban J connectivity index is 3.56. The standard InChI is InChI=1S/C10H6ClNO3/c1-15-10(14)9-6(4-12)2-3-8(11)7(9)5-13/h2-3,5H,1H3. The molecule has 0 unspecified atom stereocenters.